The molecule has 1 fully saturated rings. The van der Waals surface area contributed by atoms with Crippen molar-refractivity contribution in [2.45, 2.75) is 58.7 Å². The molecule has 3 heteroatoms. The van der Waals surface area contributed by atoms with E-state index in [1.54, 1.807) is 0 Å². The monoisotopic (exact) mass is 221 g/mol. The van der Waals surface area contributed by atoms with Crippen LogP contribution in [0.3, 0.4) is 0 Å². The summed E-state index contributed by atoms with van der Waals surface area (Å²) < 4.78 is 2.03. The van der Waals surface area contributed by atoms with Crippen molar-refractivity contribution in [3.05, 3.63) is 18.0 Å². The molecule has 0 amide bonds. The molecule has 0 unspecified atom stereocenters. The Balaban J connectivity index is 1.84. The summed E-state index contributed by atoms with van der Waals surface area (Å²) in [6, 6.07) is 0. The van der Waals surface area contributed by atoms with Gasteiger partial charge >= 0.3 is 0 Å². The van der Waals surface area contributed by atoms with Gasteiger partial charge in [-0.15, -0.1) is 0 Å². The van der Waals surface area contributed by atoms with E-state index in [1.807, 2.05) is 10.9 Å². The molecule has 16 heavy (non-hydrogen) atoms. The van der Waals surface area contributed by atoms with Crippen LogP contribution in [0.15, 0.2) is 12.4 Å². The highest BCUT2D eigenvalue weighted by Crippen LogP contribution is 2.39. The van der Waals surface area contributed by atoms with E-state index in [-0.39, 0.29) is 5.54 Å². The van der Waals surface area contributed by atoms with Crippen LogP contribution in [0.5, 0.6) is 0 Å². The molecule has 0 spiro atoms. The summed E-state index contributed by atoms with van der Waals surface area (Å²) in [4.78, 5) is 0. The van der Waals surface area contributed by atoms with Gasteiger partial charge in [-0.25, -0.2) is 0 Å². The fourth-order valence-electron chi connectivity index (χ4n) is 2.13. The fraction of sp³-hybridized carbons (Fsp3) is 0.769. The maximum Gasteiger partial charge on any atom is 0.0534 e. The largest absolute Gasteiger partial charge is 0.307 e. The van der Waals surface area contributed by atoms with Crippen LogP contribution in [0.2, 0.25) is 0 Å². The third kappa shape index (κ3) is 2.85. The fourth-order valence-corrected chi connectivity index (χ4v) is 2.13. The van der Waals surface area contributed by atoms with Crippen LogP contribution < -0.4 is 5.32 Å². The molecule has 0 radical (unpaired) electrons. The van der Waals surface area contributed by atoms with Gasteiger partial charge in [0, 0.05) is 30.4 Å². The first kappa shape index (κ1) is 11.6. The maximum absolute atomic E-state index is 4.34. The van der Waals surface area contributed by atoms with Crippen molar-refractivity contribution in [2.24, 2.45) is 5.92 Å². The first-order valence-corrected chi connectivity index (χ1v) is 6.38. The van der Waals surface area contributed by atoms with E-state index in [0.29, 0.717) is 0 Å². The second-order valence-electron chi connectivity index (χ2n) is 5.46. The Kier molecular flexibility index (Phi) is 3.33. The Bertz CT molecular complexity index is 337. The van der Waals surface area contributed by atoms with E-state index in [0.717, 1.165) is 25.4 Å². The minimum absolute atomic E-state index is 0.285. The zero-order valence-electron chi connectivity index (χ0n) is 10.7. The van der Waals surface area contributed by atoms with Gasteiger partial charge in [0.15, 0.2) is 0 Å². The Morgan fingerprint density at radius 2 is 2.25 bits per heavy atom. The van der Waals surface area contributed by atoms with Gasteiger partial charge in [-0.3, -0.25) is 4.68 Å². The lowest BCUT2D eigenvalue weighted by Gasteiger charge is -2.25. The standard InChI is InChI=1S/C13H23N3/c1-4-7-16-10-11(9-15-16)8-14-13(2,3)12-5-6-12/h9-10,12,14H,4-8H2,1-3H3. The molecule has 1 aromatic rings. The van der Waals surface area contributed by atoms with E-state index >= 15 is 0 Å². The molecule has 0 bridgehead atoms. The molecule has 1 heterocycles. The number of aryl methyl sites for hydroxylation is 1. The zero-order valence-corrected chi connectivity index (χ0v) is 10.7. The van der Waals surface area contributed by atoms with Crippen LogP contribution in [0.25, 0.3) is 0 Å². The quantitative estimate of drug-likeness (QED) is 0.800. The summed E-state index contributed by atoms with van der Waals surface area (Å²) in [5.41, 5.74) is 1.58. The highest BCUT2D eigenvalue weighted by atomic mass is 15.3. The Labute approximate surface area is 98.2 Å². The molecule has 1 N–H and O–H groups in total. The summed E-state index contributed by atoms with van der Waals surface area (Å²) in [5.74, 6) is 0.873. The molecule has 0 atom stereocenters. The number of hydrogen-bond donors (Lipinski definition) is 1. The molecule has 0 aromatic carbocycles. The van der Waals surface area contributed by atoms with Crippen LogP contribution >= 0.6 is 0 Å². The lowest BCUT2D eigenvalue weighted by molar-refractivity contribution is 0.339. The number of nitrogens with zero attached hydrogens (tertiary/aromatic N) is 2. The number of nitrogens with one attached hydrogen (secondary N) is 1. The Morgan fingerprint density at radius 1 is 1.50 bits per heavy atom. The first-order valence-electron chi connectivity index (χ1n) is 6.38. The summed E-state index contributed by atoms with van der Waals surface area (Å²) in [7, 11) is 0. The molecule has 1 aliphatic carbocycles. The van der Waals surface area contributed by atoms with E-state index in [2.05, 4.69) is 37.4 Å². The van der Waals surface area contributed by atoms with Crippen LogP contribution in [0, 0.1) is 5.92 Å². The average molecular weight is 221 g/mol. The first-order chi connectivity index (χ1) is 7.62. The van der Waals surface area contributed by atoms with Crippen LogP contribution in [0.1, 0.15) is 45.6 Å². The highest BCUT2D eigenvalue weighted by Gasteiger charge is 2.37. The van der Waals surface area contributed by atoms with E-state index in [4.69, 9.17) is 0 Å². The van der Waals surface area contributed by atoms with Crippen LogP contribution in [-0.4, -0.2) is 15.3 Å². The Morgan fingerprint density at radius 3 is 2.88 bits per heavy atom. The van der Waals surface area contributed by atoms with Crippen molar-refractivity contribution in [2.75, 3.05) is 0 Å². The lowest BCUT2D eigenvalue weighted by atomic mass is 9.98. The molecule has 1 aliphatic rings. The van der Waals surface area contributed by atoms with Gasteiger partial charge in [-0.05, 0) is 39.0 Å². The van der Waals surface area contributed by atoms with Crippen molar-refractivity contribution in [1.82, 2.24) is 15.1 Å². The number of aromatic nitrogens is 2. The molecular formula is C13H23N3. The molecule has 3 nitrogen and oxygen atoms in total. The average Bonchev–Trinajstić information content (AvgIpc) is 3.00. The lowest BCUT2D eigenvalue weighted by Crippen LogP contribution is -2.40. The summed E-state index contributed by atoms with van der Waals surface area (Å²) in [5, 5.41) is 7.98. The van der Waals surface area contributed by atoms with Crippen LogP contribution in [-0.2, 0) is 13.1 Å². The second kappa shape index (κ2) is 4.58. The van der Waals surface area contributed by atoms with Gasteiger partial charge in [-0.2, -0.15) is 5.10 Å². The summed E-state index contributed by atoms with van der Waals surface area (Å²) >= 11 is 0. The van der Waals surface area contributed by atoms with Gasteiger partial charge in [0.25, 0.3) is 0 Å². The van der Waals surface area contributed by atoms with Crippen molar-refractivity contribution >= 4 is 0 Å². The summed E-state index contributed by atoms with van der Waals surface area (Å²) in [6.07, 6.45) is 8.04. The minimum atomic E-state index is 0.285. The van der Waals surface area contributed by atoms with Crippen molar-refractivity contribution in [3.8, 4) is 0 Å². The minimum Gasteiger partial charge on any atom is -0.307 e. The molecule has 1 aromatic heterocycles. The van der Waals surface area contributed by atoms with Crippen molar-refractivity contribution in [3.63, 3.8) is 0 Å². The highest BCUT2D eigenvalue weighted by molar-refractivity contribution is 5.05. The molecular weight excluding hydrogens is 198 g/mol. The second-order valence-corrected chi connectivity index (χ2v) is 5.46. The molecule has 1 saturated carbocycles. The normalized spacial score (nSPS) is 16.7. The molecule has 0 saturated heterocycles. The van der Waals surface area contributed by atoms with Gasteiger partial charge in [0.2, 0.25) is 0 Å². The van der Waals surface area contributed by atoms with Gasteiger partial charge in [-0.1, -0.05) is 6.92 Å². The van der Waals surface area contributed by atoms with E-state index in [9.17, 15) is 0 Å². The Hall–Kier alpha value is -0.830. The molecule has 2 rings (SSSR count). The SMILES string of the molecule is CCCn1cc(CNC(C)(C)C2CC2)cn1. The van der Waals surface area contributed by atoms with Crippen molar-refractivity contribution in [1.29, 1.82) is 0 Å². The predicted octanol–water partition coefficient (Wildman–Crippen LogP) is 2.57. The number of rotatable bonds is 6. The predicted molar refractivity (Wildman–Crippen MR) is 66.2 cm³/mol. The van der Waals surface area contributed by atoms with Gasteiger partial charge in [0.05, 0.1) is 6.20 Å². The van der Waals surface area contributed by atoms with Gasteiger partial charge in [0.1, 0.15) is 0 Å². The van der Waals surface area contributed by atoms with Crippen molar-refractivity contribution < 1.29 is 0 Å². The zero-order chi connectivity index (χ0) is 11.6. The van der Waals surface area contributed by atoms with E-state index in [1.165, 1.54) is 18.4 Å². The topological polar surface area (TPSA) is 29.9 Å². The molecule has 0 aliphatic heterocycles. The third-order valence-corrected chi connectivity index (χ3v) is 3.49. The maximum atomic E-state index is 4.34. The third-order valence-electron chi connectivity index (χ3n) is 3.49. The number of hydrogen-bond acceptors (Lipinski definition) is 2. The van der Waals surface area contributed by atoms with E-state index < -0.39 is 0 Å². The van der Waals surface area contributed by atoms with Crippen LogP contribution in [0.4, 0.5) is 0 Å². The van der Waals surface area contributed by atoms with Gasteiger partial charge < -0.3 is 5.32 Å². The summed E-state index contributed by atoms with van der Waals surface area (Å²) in [6.45, 7) is 8.75. The smallest absolute Gasteiger partial charge is 0.0534 e. The molecule has 90 valence electrons.